The van der Waals surface area contributed by atoms with E-state index in [1.54, 1.807) is 6.20 Å². The molecule has 0 aliphatic carbocycles. The SMILES string of the molecule is [c]1cccc(CNc2cccnc2)c1. The molecule has 1 aromatic heterocycles. The highest BCUT2D eigenvalue weighted by molar-refractivity contribution is 5.40. The summed E-state index contributed by atoms with van der Waals surface area (Å²) in [5.41, 5.74) is 2.26. The first-order chi connectivity index (χ1) is 6.95. The van der Waals surface area contributed by atoms with Crippen molar-refractivity contribution in [2.45, 2.75) is 6.54 Å². The van der Waals surface area contributed by atoms with E-state index in [0.717, 1.165) is 12.2 Å². The maximum absolute atomic E-state index is 4.03. The van der Waals surface area contributed by atoms with Crippen molar-refractivity contribution >= 4 is 5.69 Å². The van der Waals surface area contributed by atoms with Crippen LogP contribution in [0.1, 0.15) is 5.56 Å². The number of hydrogen-bond donors (Lipinski definition) is 1. The third-order valence-electron chi connectivity index (χ3n) is 1.93. The number of aromatic nitrogens is 1. The molecule has 1 radical (unpaired) electrons. The molecule has 2 nitrogen and oxygen atoms in total. The van der Waals surface area contributed by atoms with Crippen LogP contribution in [0.4, 0.5) is 5.69 Å². The van der Waals surface area contributed by atoms with Gasteiger partial charge in [-0.15, -0.1) is 0 Å². The van der Waals surface area contributed by atoms with Crippen LogP contribution in [0.25, 0.3) is 0 Å². The molecule has 0 saturated carbocycles. The van der Waals surface area contributed by atoms with E-state index < -0.39 is 0 Å². The number of nitrogens with zero attached hydrogens (tertiary/aromatic N) is 1. The van der Waals surface area contributed by atoms with Gasteiger partial charge in [-0.25, -0.2) is 0 Å². The Morgan fingerprint density at radius 3 is 3.00 bits per heavy atom. The van der Waals surface area contributed by atoms with Gasteiger partial charge in [-0.05, 0) is 29.8 Å². The largest absolute Gasteiger partial charge is 0.380 e. The van der Waals surface area contributed by atoms with E-state index in [0.29, 0.717) is 0 Å². The summed E-state index contributed by atoms with van der Waals surface area (Å²) in [5.74, 6) is 0. The van der Waals surface area contributed by atoms with Crippen LogP contribution in [-0.4, -0.2) is 4.98 Å². The summed E-state index contributed by atoms with van der Waals surface area (Å²) in [5, 5.41) is 3.28. The van der Waals surface area contributed by atoms with Gasteiger partial charge in [0.05, 0.1) is 5.69 Å². The Labute approximate surface area is 83.6 Å². The summed E-state index contributed by atoms with van der Waals surface area (Å²) in [4.78, 5) is 4.03. The number of anilines is 1. The molecule has 0 bridgehead atoms. The molecule has 69 valence electrons. The summed E-state index contributed by atoms with van der Waals surface area (Å²) in [7, 11) is 0. The predicted octanol–water partition coefficient (Wildman–Crippen LogP) is 2.49. The standard InChI is InChI=1S/C12H11N2/c1-2-5-11(6-3-1)9-14-12-7-4-8-13-10-12/h1-2,4-8,10,14H,9H2. The molecule has 2 heteroatoms. The van der Waals surface area contributed by atoms with Gasteiger partial charge in [0.25, 0.3) is 0 Å². The van der Waals surface area contributed by atoms with Crippen LogP contribution in [0.5, 0.6) is 0 Å². The minimum Gasteiger partial charge on any atom is -0.380 e. The summed E-state index contributed by atoms with van der Waals surface area (Å²) in [6, 6.07) is 14.9. The summed E-state index contributed by atoms with van der Waals surface area (Å²) in [6.07, 6.45) is 3.58. The molecule has 1 aromatic carbocycles. The second-order valence-corrected chi connectivity index (χ2v) is 3.01. The van der Waals surface area contributed by atoms with Crippen molar-refractivity contribution in [2.24, 2.45) is 0 Å². The second-order valence-electron chi connectivity index (χ2n) is 3.01. The van der Waals surface area contributed by atoms with Crippen molar-refractivity contribution in [2.75, 3.05) is 5.32 Å². The zero-order chi connectivity index (χ0) is 9.64. The summed E-state index contributed by atoms with van der Waals surface area (Å²) in [6.45, 7) is 0.809. The molecular weight excluding hydrogens is 172 g/mol. The van der Waals surface area contributed by atoms with Crippen LogP contribution in [0, 0.1) is 6.07 Å². The van der Waals surface area contributed by atoms with Crippen LogP contribution in [0.3, 0.4) is 0 Å². The van der Waals surface area contributed by atoms with Crippen LogP contribution in [-0.2, 0) is 6.54 Å². The molecule has 0 fully saturated rings. The lowest BCUT2D eigenvalue weighted by molar-refractivity contribution is 1.14. The number of nitrogens with one attached hydrogen (secondary N) is 1. The monoisotopic (exact) mass is 183 g/mol. The Balaban J connectivity index is 1.96. The minimum atomic E-state index is 0.809. The zero-order valence-electron chi connectivity index (χ0n) is 7.77. The van der Waals surface area contributed by atoms with E-state index in [1.165, 1.54) is 5.56 Å². The first kappa shape index (κ1) is 8.75. The molecule has 0 atom stereocenters. The van der Waals surface area contributed by atoms with Crippen molar-refractivity contribution in [1.29, 1.82) is 0 Å². The average molecular weight is 183 g/mol. The first-order valence-electron chi connectivity index (χ1n) is 4.54. The lowest BCUT2D eigenvalue weighted by Crippen LogP contribution is -1.98. The zero-order valence-corrected chi connectivity index (χ0v) is 7.77. The molecule has 0 spiro atoms. The fourth-order valence-corrected chi connectivity index (χ4v) is 1.21. The normalized spacial score (nSPS) is 9.71. The van der Waals surface area contributed by atoms with E-state index in [4.69, 9.17) is 0 Å². The Bertz CT molecular complexity index is 331. The fraction of sp³-hybridized carbons (Fsp3) is 0.0833. The van der Waals surface area contributed by atoms with Crippen molar-refractivity contribution < 1.29 is 0 Å². The molecule has 0 unspecified atom stereocenters. The molecule has 1 heterocycles. The maximum Gasteiger partial charge on any atom is 0.0529 e. The van der Waals surface area contributed by atoms with Gasteiger partial charge < -0.3 is 5.32 Å². The van der Waals surface area contributed by atoms with E-state index in [-0.39, 0.29) is 0 Å². The predicted molar refractivity (Wildman–Crippen MR) is 56.8 cm³/mol. The van der Waals surface area contributed by atoms with Crippen molar-refractivity contribution in [1.82, 2.24) is 4.98 Å². The lowest BCUT2D eigenvalue weighted by Gasteiger charge is -2.04. The Kier molecular flexibility index (Phi) is 2.76. The van der Waals surface area contributed by atoms with Gasteiger partial charge >= 0.3 is 0 Å². The Hall–Kier alpha value is -1.83. The second kappa shape index (κ2) is 4.42. The average Bonchev–Trinajstić information content (AvgIpc) is 2.29. The fourth-order valence-electron chi connectivity index (χ4n) is 1.21. The molecule has 0 amide bonds. The van der Waals surface area contributed by atoms with Gasteiger partial charge in [-0.1, -0.05) is 18.2 Å². The highest BCUT2D eigenvalue weighted by atomic mass is 14.9. The van der Waals surface area contributed by atoms with E-state index >= 15 is 0 Å². The molecule has 1 N–H and O–H groups in total. The van der Waals surface area contributed by atoms with Gasteiger partial charge in [-0.3, -0.25) is 4.98 Å². The van der Waals surface area contributed by atoms with Gasteiger partial charge in [0.1, 0.15) is 0 Å². The van der Waals surface area contributed by atoms with Crippen molar-refractivity contribution in [3.8, 4) is 0 Å². The number of benzene rings is 1. The molecule has 14 heavy (non-hydrogen) atoms. The quantitative estimate of drug-likeness (QED) is 0.790. The highest BCUT2D eigenvalue weighted by Gasteiger charge is 1.91. The molecule has 2 aromatic rings. The molecule has 0 aliphatic heterocycles. The van der Waals surface area contributed by atoms with Crippen LogP contribution in [0.15, 0.2) is 48.8 Å². The van der Waals surface area contributed by atoms with Gasteiger partial charge in [0, 0.05) is 18.9 Å². The maximum atomic E-state index is 4.03. The van der Waals surface area contributed by atoms with Crippen molar-refractivity contribution in [3.63, 3.8) is 0 Å². The highest BCUT2D eigenvalue weighted by Crippen LogP contribution is 2.05. The van der Waals surface area contributed by atoms with Crippen LogP contribution < -0.4 is 5.32 Å². The molecule has 0 aliphatic rings. The first-order valence-corrected chi connectivity index (χ1v) is 4.54. The topological polar surface area (TPSA) is 24.9 Å². The van der Waals surface area contributed by atoms with Gasteiger partial charge in [0.2, 0.25) is 0 Å². The van der Waals surface area contributed by atoms with Gasteiger partial charge in [0.15, 0.2) is 0 Å². The number of hydrogen-bond acceptors (Lipinski definition) is 2. The minimum absolute atomic E-state index is 0.809. The molecular formula is C12H11N2. The number of rotatable bonds is 3. The smallest absolute Gasteiger partial charge is 0.0529 e. The Morgan fingerprint density at radius 1 is 1.29 bits per heavy atom. The van der Waals surface area contributed by atoms with Gasteiger partial charge in [-0.2, -0.15) is 0 Å². The summed E-state index contributed by atoms with van der Waals surface area (Å²) >= 11 is 0. The van der Waals surface area contributed by atoms with E-state index in [9.17, 15) is 0 Å². The molecule has 0 saturated heterocycles. The Morgan fingerprint density at radius 2 is 2.29 bits per heavy atom. The summed E-state index contributed by atoms with van der Waals surface area (Å²) < 4.78 is 0. The third kappa shape index (κ3) is 2.33. The van der Waals surface area contributed by atoms with E-state index in [1.807, 2.05) is 36.5 Å². The molecule has 2 rings (SSSR count). The van der Waals surface area contributed by atoms with Crippen molar-refractivity contribution in [3.05, 3.63) is 60.4 Å². The third-order valence-corrected chi connectivity index (χ3v) is 1.93. The number of pyridine rings is 1. The van der Waals surface area contributed by atoms with Crippen LogP contribution in [0.2, 0.25) is 0 Å². The van der Waals surface area contributed by atoms with Crippen LogP contribution >= 0.6 is 0 Å². The lowest BCUT2D eigenvalue weighted by atomic mass is 10.2. The van der Waals surface area contributed by atoms with E-state index in [2.05, 4.69) is 22.4 Å².